The molecule has 5 heteroatoms. The van der Waals surface area contributed by atoms with E-state index in [1.165, 1.54) is 33.0 Å². The number of hydrogen-bond donors (Lipinski definition) is 0. The second-order valence-electron chi connectivity index (χ2n) is 16.8. The third-order valence-electron chi connectivity index (χ3n) is 13.0. The Kier molecular flexibility index (Phi) is 7.00. The molecule has 0 amide bonds. The minimum absolute atomic E-state index is 0.184. The Hall–Kier alpha value is -7.89. The van der Waals surface area contributed by atoms with Gasteiger partial charge >= 0.3 is 0 Å². The fraction of sp³-hybridized carbons (Fsp3) is 0.0536. The lowest BCUT2D eigenvalue weighted by Crippen LogP contribution is -2.15. The molecule has 9 aromatic carbocycles. The van der Waals surface area contributed by atoms with Gasteiger partial charge in [0.15, 0.2) is 11.6 Å². The summed E-state index contributed by atoms with van der Waals surface area (Å²) in [4.78, 5) is 15.9. The first-order chi connectivity index (χ1) is 30.0. The number of hydrogen-bond acceptors (Lipinski definition) is 4. The van der Waals surface area contributed by atoms with Crippen molar-refractivity contribution in [1.82, 2.24) is 19.5 Å². The Labute approximate surface area is 351 Å². The molecule has 3 aromatic heterocycles. The molecule has 0 radical (unpaired) electrons. The second-order valence-corrected chi connectivity index (χ2v) is 16.8. The van der Waals surface area contributed by atoms with Crippen molar-refractivity contribution in [3.63, 3.8) is 0 Å². The van der Waals surface area contributed by atoms with E-state index in [-0.39, 0.29) is 5.41 Å². The number of aromatic nitrogens is 4. The standard InChI is InChI=1S/C56H36N4O/c1-56(2)46-30-26-33-13-6-8-17-38(33)50(46)45-29-24-36(31-47(45)56)40-20-12-21-43-44-28-23-34-14-7-9-18-39(34)51(44)60(52(40)43)55-58-53(35-15-4-3-5-16-35)57-54(59-55)37-25-27-42-41-19-10-11-22-48(41)61-49(42)32-37/h3-32H,1-2H3. The van der Waals surface area contributed by atoms with Crippen molar-refractivity contribution >= 4 is 65.3 Å². The lowest BCUT2D eigenvalue weighted by atomic mass is 9.81. The van der Waals surface area contributed by atoms with Crippen molar-refractivity contribution in [2.24, 2.45) is 0 Å². The normalized spacial score (nSPS) is 13.2. The van der Waals surface area contributed by atoms with Crippen LogP contribution >= 0.6 is 0 Å². The van der Waals surface area contributed by atoms with Crippen molar-refractivity contribution in [1.29, 1.82) is 0 Å². The average molecular weight is 781 g/mol. The Morgan fingerprint density at radius 3 is 1.90 bits per heavy atom. The van der Waals surface area contributed by atoms with E-state index in [2.05, 4.69) is 164 Å². The van der Waals surface area contributed by atoms with E-state index in [9.17, 15) is 0 Å². The number of nitrogens with zero attached hydrogens (tertiary/aromatic N) is 4. The van der Waals surface area contributed by atoms with Crippen LogP contribution in [0.15, 0.2) is 186 Å². The summed E-state index contributed by atoms with van der Waals surface area (Å²) < 4.78 is 8.66. The summed E-state index contributed by atoms with van der Waals surface area (Å²) in [6.45, 7) is 4.72. The molecule has 1 aliphatic carbocycles. The van der Waals surface area contributed by atoms with Gasteiger partial charge in [0.05, 0.1) is 11.0 Å². The summed E-state index contributed by atoms with van der Waals surface area (Å²) in [5.74, 6) is 1.73. The largest absolute Gasteiger partial charge is 0.456 e. The Morgan fingerprint density at radius 2 is 1.05 bits per heavy atom. The summed E-state index contributed by atoms with van der Waals surface area (Å²) >= 11 is 0. The zero-order valence-corrected chi connectivity index (χ0v) is 33.5. The first kappa shape index (κ1) is 34.0. The zero-order valence-electron chi connectivity index (χ0n) is 33.5. The molecule has 1 aliphatic rings. The molecule has 13 rings (SSSR count). The molecule has 286 valence electrons. The highest BCUT2D eigenvalue weighted by atomic mass is 16.3. The maximum absolute atomic E-state index is 6.37. The third kappa shape index (κ3) is 4.92. The molecule has 0 bridgehead atoms. The van der Waals surface area contributed by atoms with Crippen LogP contribution in [0, 0.1) is 0 Å². The molecular formula is C56H36N4O. The number of furan rings is 1. The lowest BCUT2D eigenvalue weighted by molar-refractivity contribution is 0.661. The first-order valence-corrected chi connectivity index (χ1v) is 20.9. The summed E-state index contributed by atoms with van der Waals surface area (Å²) in [6, 6.07) is 64.8. The van der Waals surface area contributed by atoms with E-state index in [0.717, 1.165) is 76.8 Å². The zero-order chi connectivity index (χ0) is 40.4. The number of para-hydroxylation sites is 2. The van der Waals surface area contributed by atoms with E-state index >= 15 is 0 Å². The monoisotopic (exact) mass is 780 g/mol. The van der Waals surface area contributed by atoms with Crippen molar-refractivity contribution in [3.8, 4) is 51.0 Å². The molecule has 0 aliphatic heterocycles. The molecule has 12 aromatic rings. The molecule has 0 unspecified atom stereocenters. The smallest absolute Gasteiger partial charge is 0.238 e. The average Bonchev–Trinajstić information content (AvgIpc) is 3.94. The van der Waals surface area contributed by atoms with Crippen LogP contribution in [0.4, 0.5) is 0 Å². The molecule has 0 saturated heterocycles. The fourth-order valence-corrected chi connectivity index (χ4v) is 10.1. The minimum Gasteiger partial charge on any atom is -0.456 e. The number of benzene rings is 9. The Balaban J connectivity index is 1.10. The Bertz CT molecular complexity index is 3800. The predicted molar refractivity (Wildman–Crippen MR) is 250 cm³/mol. The summed E-state index contributed by atoms with van der Waals surface area (Å²) in [6.07, 6.45) is 0. The van der Waals surface area contributed by atoms with Crippen molar-refractivity contribution in [2.45, 2.75) is 19.3 Å². The molecule has 61 heavy (non-hydrogen) atoms. The molecule has 3 heterocycles. The lowest BCUT2D eigenvalue weighted by Gasteiger charge is -2.22. The molecule has 0 fully saturated rings. The van der Waals surface area contributed by atoms with Crippen LogP contribution in [-0.4, -0.2) is 19.5 Å². The van der Waals surface area contributed by atoms with Gasteiger partial charge in [0.25, 0.3) is 0 Å². The highest BCUT2D eigenvalue weighted by molar-refractivity contribution is 6.21. The SMILES string of the molecule is CC1(C)c2cc(-c3cccc4c5ccc6ccccc6c5n(-c5nc(-c6ccccc6)nc(-c6ccc7c(c6)oc6ccccc67)n5)c34)ccc2-c2c1ccc1ccccc21. The van der Waals surface area contributed by atoms with Crippen molar-refractivity contribution < 1.29 is 4.42 Å². The van der Waals surface area contributed by atoms with E-state index < -0.39 is 0 Å². The Morgan fingerprint density at radius 1 is 0.410 bits per heavy atom. The van der Waals surface area contributed by atoms with Crippen LogP contribution < -0.4 is 0 Å². The van der Waals surface area contributed by atoms with Crippen molar-refractivity contribution in [2.75, 3.05) is 0 Å². The van der Waals surface area contributed by atoms with Gasteiger partial charge < -0.3 is 4.42 Å². The van der Waals surface area contributed by atoms with Crippen LogP contribution in [0.5, 0.6) is 0 Å². The number of rotatable bonds is 4. The van der Waals surface area contributed by atoms with E-state index in [1.54, 1.807) is 0 Å². The van der Waals surface area contributed by atoms with Gasteiger partial charge in [0.2, 0.25) is 5.95 Å². The predicted octanol–water partition coefficient (Wildman–Crippen LogP) is 14.5. The van der Waals surface area contributed by atoms with Gasteiger partial charge in [-0.25, -0.2) is 4.98 Å². The van der Waals surface area contributed by atoms with Crippen LogP contribution in [0.1, 0.15) is 25.0 Å². The minimum atomic E-state index is -0.184. The molecule has 5 nitrogen and oxygen atoms in total. The first-order valence-electron chi connectivity index (χ1n) is 20.9. The molecular weight excluding hydrogens is 745 g/mol. The van der Waals surface area contributed by atoms with Gasteiger partial charge in [-0.05, 0) is 68.2 Å². The highest BCUT2D eigenvalue weighted by Crippen LogP contribution is 2.53. The molecule has 0 spiro atoms. The maximum atomic E-state index is 6.37. The van der Waals surface area contributed by atoms with Crippen LogP contribution in [-0.2, 0) is 5.41 Å². The van der Waals surface area contributed by atoms with Gasteiger partial charge in [-0.1, -0.05) is 172 Å². The summed E-state index contributed by atoms with van der Waals surface area (Å²) in [5.41, 5.74) is 12.9. The molecule has 0 saturated carbocycles. The fourth-order valence-electron chi connectivity index (χ4n) is 10.1. The van der Waals surface area contributed by atoms with Gasteiger partial charge in [-0.2, -0.15) is 9.97 Å². The quantitative estimate of drug-likeness (QED) is 0.178. The van der Waals surface area contributed by atoms with Gasteiger partial charge in [-0.3, -0.25) is 4.57 Å². The van der Waals surface area contributed by atoms with Gasteiger partial charge in [0, 0.05) is 49.0 Å². The maximum Gasteiger partial charge on any atom is 0.238 e. The number of fused-ring (bicyclic) bond motifs is 13. The van der Waals surface area contributed by atoms with Crippen LogP contribution in [0.25, 0.3) is 116 Å². The second kappa shape index (κ2) is 12.6. The molecule has 0 atom stereocenters. The van der Waals surface area contributed by atoms with E-state index in [1.807, 2.05) is 36.4 Å². The van der Waals surface area contributed by atoms with E-state index in [0.29, 0.717) is 17.6 Å². The third-order valence-corrected chi connectivity index (χ3v) is 13.0. The van der Waals surface area contributed by atoms with E-state index in [4.69, 9.17) is 19.4 Å². The van der Waals surface area contributed by atoms with Gasteiger partial charge in [0.1, 0.15) is 11.2 Å². The molecule has 0 N–H and O–H groups in total. The highest BCUT2D eigenvalue weighted by Gasteiger charge is 2.37. The van der Waals surface area contributed by atoms with Gasteiger partial charge in [-0.15, -0.1) is 0 Å². The van der Waals surface area contributed by atoms with Crippen LogP contribution in [0.2, 0.25) is 0 Å². The van der Waals surface area contributed by atoms with Crippen molar-refractivity contribution in [3.05, 3.63) is 193 Å². The topological polar surface area (TPSA) is 56.7 Å². The van der Waals surface area contributed by atoms with Crippen LogP contribution in [0.3, 0.4) is 0 Å². The summed E-state index contributed by atoms with van der Waals surface area (Å²) in [7, 11) is 0. The summed E-state index contributed by atoms with van der Waals surface area (Å²) in [5, 5.41) is 9.27.